The van der Waals surface area contributed by atoms with Gasteiger partial charge in [-0.15, -0.1) is 0 Å². The van der Waals surface area contributed by atoms with Crippen LogP contribution in [0.25, 0.3) is 0 Å². The molecular formula is C21H32F2N4O2. The number of hydrogen-bond donors (Lipinski definition) is 1. The molecule has 0 bridgehead atoms. The summed E-state index contributed by atoms with van der Waals surface area (Å²) in [5.41, 5.74) is 1.93. The number of alkyl halides is 2. The molecule has 1 aromatic rings. The van der Waals surface area contributed by atoms with E-state index in [1.54, 1.807) is 4.90 Å². The molecule has 2 amide bonds. The molecule has 1 aromatic carbocycles. The molecule has 0 spiro atoms. The van der Waals surface area contributed by atoms with Crippen molar-refractivity contribution in [3.8, 4) is 0 Å². The summed E-state index contributed by atoms with van der Waals surface area (Å²) in [5, 5.41) is 2.96. The van der Waals surface area contributed by atoms with E-state index < -0.39 is 6.43 Å². The number of hydrogen-bond acceptors (Lipinski definition) is 4. The van der Waals surface area contributed by atoms with E-state index >= 15 is 0 Å². The van der Waals surface area contributed by atoms with Gasteiger partial charge in [0.2, 0.25) is 11.8 Å². The van der Waals surface area contributed by atoms with Gasteiger partial charge in [0, 0.05) is 31.9 Å². The molecule has 0 atom stereocenters. The van der Waals surface area contributed by atoms with E-state index in [2.05, 4.69) is 5.32 Å². The molecule has 162 valence electrons. The first kappa shape index (κ1) is 23.2. The van der Waals surface area contributed by atoms with Gasteiger partial charge in [-0.05, 0) is 31.0 Å². The molecule has 0 unspecified atom stereocenters. The van der Waals surface area contributed by atoms with E-state index in [4.69, 9.17) is 0 Å². The van der Waals surface area contributed by atoms with Gasteiger partial charge in [0.25, 0.3) is 6.43 Å². The average molecular weight is 411 g/mol. The average Bonchev–Trinajstić information content (AvgIpc) is 2.68. The van der Waals surface area contributed by atoms with Crippen LogP contribution in [0.2, 0.25) is 0 Å². The first-order valence-electron chi connectivity index (χ1n) is 10.3. The maximum absolute atomic E-state index is 12.7. The molecule has 8 heteroatoms. The third-order valence-electron chi connectivity index (χ3n) is 5.06. The summed E-state index contributed by atoms with van der Waals surface area (Å²) < 4.78 is 25.3. The van der Waals surface area contributed by atoms with Gasteiger partial charge in [-0.1, -0.05) is 32.0 Å². The van der Waals surface area contributed by atoms with E-state index in [1.807, 2.05) is 43.0 Å². The fourth-order valence-electron chi connectivity index (χ4n) is 3.54. The van der Waals surface area contributed by atoms with Crippen molar-refractivity contribution in [2.75, 3.05) is 57.7 Å². The van der Waals surface area contributed by atoms with Crippen LogP contribution in [0.3, 0.4) is 0 Å². The Balaban J connectivity index is 1.77. The van der Waals surface area contributed by atoms with E-state index in [0.717, 1.165) is 24.1 Å². The number of carbonyl (C=O) groups is 2. The molecule has 1 fully saturated rings. The Morgan fingerprint density at radius 1 is 1.14 bits per heavy atom. The highest BCUT2D eigenvalue weighted by atomic mass is 19.3. The van der Waals surface area contributed by atoms with Crippen molar-refractivity contribution < 1.29 is 18.4 Å². The number of halogens is 2. The van der Waals surface area contributed by atoms with E-state index in [1.165, 1.54) is 4.90 Å². The van der Waals surface area contributed by atoms with Crippen molar-refractivity contribution >= 4 is 17.5 Å². The number of aryl methyl sites for hydroxylation is 1. The van der Waals surface area contributed by atoms with Crippen LogP contribution in [0.5, 0.6) is 0 Å². The van der Waals surface area contributed by atoms with Crippen LogP contribution in [0, 0.1) is 0 Å². The van der Waals surface area contributed by atoms with Gasteiger partial charge in [-0.2, -0.15) is 0 Å². The SMILES string of the molecule is CCCN(CC(=O)N1CCN(CC(=O)Nc2ccccc2CC)CC1)CC(F)F. The van der Waals surface area contributed by atoms with Crippen molar-refractivity contribution in [3.63, 3.8) is 0 Å². The van der Waals surface area contributed by atoms with Gasteiger partial charge in [0.05, 0.1) is 19.6 Å². The molecule has 0 aromatic heterocycles. The van der Waals surface area contributed by atoms with Crippen molar-refractivity contribution in [1.29, 1.82) is 0 Å². The largest absolute Gasteiger partial charge is 0.339 e. The summed E-state index contributed by atoms with van der Waals surface area (Å²) in [5.74, 6) is -0.197. The summed E-state index contributed by atoms with van der Waals surface area (Å²) in [6.07, 6.45) is -0.871. The molecule has 0 radical (unpaired) electrons. The van der Waals surface area contributed by atoms with Crippen LogP contribution in [0.4, 0.5) is 14.5 Å². The number of carbonyl (C=O) groups excluding carboxylic acids is 2. The number of rotatable bonds is 10. The number of anilines is 1. The minimum Gasteiger partial charge on any atom is -0.339 e. The number of nitrogens with zero attached hydrogens (tertiary/aromatic N) is 3. The van der Waals surface area contributed by atoms with Crippen LogP contribution in [-0.4, -0.2) is 85.3 Å². The predicted molar refractivity (Wildman–Crippen MR) is 110 cm³/mol. The number of piperazine rings is 1. The van der Waals surface area contributed by atoms with Crippen LogP contribution in [0.15, 0.2) is 24.3 Å². The molecule has 1 aliphatic rings. The fraction of sp³-hybridized carbons (Fsp3) is 0.619. The van der Waals surface area contributed by atoms with Crippen LogP contribution in [-0.2, 0) is 16.0 Å². The minimum absolute atomic E-state index is 0.0203. The van der Waals surface area contributed by atoms with Gasteiger partial charge in [-0.25, -0.2) is 8.78 Å². The quantitative estimate of drug-likeness (QED) is 0.643. The van der Waals surface area contributed by atoms with Crippen molar-refractivity contribution in [2.45, 2.75) is 33.1 Å². The lowest BCUT2D eigenvalue weighted by Crippen LogP contribution is -2.52. The Bertz CT molecular complexity index is 664. The first-order valence-corrected chi connectivity index (χ1v) is 10.3. The molecule has 29 heavy (non-hydrogen) atoms. The van der Waals surface area contributed by atoms with Crippen molar-refractivity contribution in [3.05, 3.63) is 29.8 Å². The molecular weight excluding hydrogens is 378 g/mol. The summed E-state index contributed by atoms with van der Waals surface area (Å²) >= 11 is 0. The van der Waals surface area contributed by atoms with Crippen LogP contribution in [0.1, 0.15) is 25.8 Å². The second kappa shape index (κ2) is 11.8. The van der Waals surface area contributed by atoms with E-state index in [9.17, 15) is 18.4 Å². The number of para-hydroxylation sites is 1. The van der Waals surface area contributed by atoms with Gasteiger partial charge in [-0.3, -0.25) is 19.4 Å². The standard InChI is InChI=1S/C21H32F2N4O2/c1-3-9-26(14-19(22)23)16-21(29)27-12-10-25(11-13-27)15-20(28)24-18-8-6-5-7-17(18)4-2/h5-8,19H,3-4,9-16H2,1-2H3,(H,24,28). The number of amides is 2. The molecule has 0 aliphatic carbocycles. The minimum atomic E-state index is -2.44. The summed E-state index contributed by atoms with van der Waals surface area (Å²) in [4.78, 5) is 30.0. The smallest absolute Gasteiger partial charge is 0.251 e. The first-order chi connectivity index (χ1) is 13.9. The Morgan fingerprint density at radius 3 is 2.45 bits per heavy atom. The highest BCUT2D eigenvalue weighted by molar-refractivity contribution is 5.93. The number of nitrogens with one attached hydrogen (secondary N) is 1. The number of benzene rings is 1. The molecule has 6 nitrogen and oxygen atoms in total. The lowest BCUT2D eigenvalue weighted by Gasteiger charge is -2.35. The predicted octanol–water partition coefficient (Wildman–Crippen LogP) is 2.31. The zero-order valence-corrected chi connectivity index (χ0v) is 17.4. The van der Waals surface area contributed by atoms with Crippen LogP contribution >= 0.6 is 0 Å². The zero-order valence-electron chi connectivity index (χ0n) is 17.4. The second-order valence-corrected chi connectivity index (χ2v) is 7.34. The lowest BCUT2D eigenvalue weighted by atomic mass is 10.1. The molecule has 2 rings (SSSR count). The Hall–Kier alpha value is -2.06. The van der Waals surface area contributed by atoms with Gasteiger partial charge in [0.1, 0.15) is 0 Å². The van der Waals surface area contributed by atoms with Gasteiger partial charge >= 0.3 is 0 Å². The fourth-order valence-corrected chi connectivity index (χ4v) is 3.54. The second-order valence-electron chi connectivity index (χ2n) is 7.34. The summed E-state index contributed by atoms with van der Waals surface area (Å²) in [7, 11) is 0. The topological polar surface area (TPSA) is 55.9 Å². The molecule has 0 saturated carbocycles. The van der Waals surface area contributed by atoms with Crippen molar-refractivity contribution in [2.24, 2.45) is 0 Å². The van der Waals surface area contributed by atoms with E-state index in [-0.39, 0.29) is 31.4 Å². The summed E-state index contributed by atoms with van der Waals surface area (Å²) in [6.45, 7) is 6.55. The third-order valence-corrected chi connectivity index (χ3v) is 5.06. The maximum Gasteiger partial charge on any atom is 0.251 e. The Kier molecular flexibility index (Phi) is 9.47. The third kappa shape index (κ3) is 7.70. The van der Waals surface area contributed by atoms with E-state index in [0.29, 0.717) is 32.7 Å². The Morgan fingerprint density at radius 2 is 1.83 bits per heavy atom. The molecule has 1 N–H and O–H groups in total. The van der Waals surface area contributed by atoms with Crippen molar-refractivity contribution in [1.82, 2.24) is 14.7 Å². The Labute approximate surface area is 171 Å². The molecule has 1 heterocycles. The normalized spacial score (nSPS) is 15.2. The summed E-state index contributed by atoms with van der Waals surface area (Å²) in [6, 6.07) is 7.74. The van der Waals surface area contributed by atoms with Crippen LogP contribution < -0.4 is 5.32 Å². The molecule has 1 aliphatic heterocycles. The highest BCUT2D eigenvalue weighted by Gasteiger charge is 2.24. The monoisotopic (exact) mass is 410 g/mol. The zero-order chi connectivity index (χ0) is 21.2. The maximum atomic E-state index is 12.7. The van der Waals surface area contributed by atoms with Gasteiger partial charge < -0.3 is 10.2 Å². The van der Waals surface area contributed by atoms with Gasteiger partial charge in [0.15, 0.2) is 0 Å². The lowest BCUT2D eigenvalue weighted by molar-refractivity contribution is -0.134. The molecule has 1 saturated heterocycles. The highest BCUT2D eigenvalue weighted by Crippen LogP contribution is 2.15.